The number of hydrogen-bond acceptors (Lipinski definition) is 3. The van der Waals surface area contributed by atoms with Gasteiger partial charge in [-0.05, 0) is 18.2 Å². The van der Waals surface area contributed by atoms with Crippen LogP contribution in [0.5, 0.6) is 0 Å². The van der Waals surface area contributed by atoms with E-state index in [9.17, 15) is 18.0 Å². The molecular weight excluding hydrogens is 287 g/mol. The van der Waals surface area contributed by atoms with E-state index in [2.05, 4.69) is 10.5 Å². The van der Waals surface area contributed by atoms with Crippen LogP contribution in [0.25, 0.3) is 0 Å². The van der Waals surface area contributed by atoms with Gasteiger partial charge in [0.15, 0.2) is 0 Å². The van der Waals surface area contributed by atoms with E-state index in [1.807, 2.05) is 0 Å². The highest BCUT2D eigenvalue weighted by molar-refractivity contribution is 5.95. The highest BCUT2D eigenvalue weighted by atomic mass is 19.4. The number of halogens is 3. The first-order chi connectivity index (χ1) is 9.58. The summed E-state index contributed by atoms with van der Waals surface area (Å²) in [7, 11) is 0. The smallest absolute Gasteiger partial charge is 0.409 e. The summed E-state index contributed by atoms with van der Waals surface area (Å²) in [5, 5.41) is 13.9. The molecule has 0 atom stereocenters. The van der Waals surface area contributed by atoms with E-state index < -0.39 is 23.1 Å². The minimum atomic E-state index is -4.51. The van der Waals surface area contributed by atoms with Gasteiger partial charge in [-0.3, -0.25) is 4.79 Å². The normalized spacial score (nSPS) is 13.1. The van der Waals surface area contributed by atoms with Crippen molar-refractivity contribution >= 4 is 11.7 Å². The first kappa shape index (κ1) is 16.8. The van der Waals surface area contributed by atoms with Crippen molar-refractivity contribution in [2.45, 2.75) is 20.0 Å². The van der Waals surface area contributed by atoms with E-state index in [-0.39, 0.29) is 17.9 Å². The number of amidine groups is 1. The first-order valence-corrected chi connectivity index (χ1v) is 6.01. The molecule has 1 amide bonds. The van der Waals surface area contributed by atoms with E-state index in [0.29, 0.717) is 0 Å². The molecule has 21 heavy (non-hydrogen) atoms. The third kappa shape index (κ3) is 4.37. The van der Waals surface area contributed by atoms with E-state index in [4.69, 9.17) is 10.9 Å². The Morgan fingerprint density at radius 2 is 2.00 bits per heavy atom. The van der Waals surface area contributed by atoms with Crippen molar-refractivity contribution < 1.29 is 23.2 Å². The second kappa shape index (κ2) is 6.02. The second-order valence-electron chi connectivity index (χ2n) is 5.13. The molecule has 116 valence electrons. The van der Waals surface area contributed by atoms with Crippen LogP contribution < -0.4 is 11.1 Å². The van der Waals surface area contributed by atoms with E-state index in [0.717, 1.165) is 18.2 Å². The molecule has 0 saturated carbocycles. The predicted octanol–water partition coefficient (Wildman–Crippen LogP) is 2.21. The van der Waals surface area contributed by atoms with Crippen LogP contribution in [0, 0.1) is 5.41 Å². The third-order valence-electron chi connectivity index (χ3n) is 2.94. The largest absolute Gasteiger partial charge is 0.416 e. The van der Waals surface area contributed by atoms with Gasteiger partial charge in [-0.25, -0.2) is 0 Å². The summed E-state index contributed by atoms with van der Waals surface area (Å²) < 4.78 is 37.7. The quantitative estimate of drug-likeness (QED) is 0.345. The van der Waals surface area contributed by atoms with Crippen molar-refractivity contribution in [3.8, 4) is 0 Å². The Kier molecular flexibility index (Phi) is 4.82. The first-order valence-electron chi connectivity index (χ1n) is 6.01. The monoisotopic (exact) mass is 303 g/mol. The van der Waals surface area contributed by atoms with Crippen molar-refractivity contribution in [3.05, 3.63) is 35.4 Å². The van der Waals surface area contributed by atoms with Crippen LogP contribution in [0.2, 0.25) is 0 Å². The lowest BCUT2D eigenvalue weighted by Crippen LogP contribution is -2.42. The molecule has 4 N–H and O–H groups in total. The van der Waals surface area contributed by atoms with Gasteiger partial charge in [0.2, 0.25) is 0 Å². The molecule has 1 aromatic rings. The number of hydrogen-bond donors (Lipinski definition) is 3. The summed E-state index contributed by atoms with van der Waals surface area (Å²) in [6.45, 7) is 3.25. The number of amides is 1. The van der Waals surface area contributed by atoms with Gasteiger partial charge >= 0.3 is 6.18 Å². The van der Waals surface area contributed by atoms with Crippen molar-refractivity contribution in [1.29, 1.82) is 0 Å². The lowest BCUT2D eigenvalue weighted by Gasteiger charge is -2.23. The van der Waals surface area contributed by atoms with Gasteiger partial charge in [-0.15, -0.1) is 0 Å². The lowest BCUT2D eigenvalue weighted by molar-refractivity contribution is -0.137. The Hall–Kier alpha value is -2.25. The second-order valence-corrected chi connectivity index (χ2v) is 5.13. The molecule has 0 spiro atoms. The fourth-order valence-corrected chi connectivity index (χ4v) is 1.47. The third-order valence-corrected chi connectivity index (χ3v) is 2.94. The molecule has 1 aromatic carbocycles. The fourth-order valence-electron chi connectivity index (χ4n) is 1.47. The molecule has 0 saturated heterocycles. The zero-order valence-corrected chi connectivity index (χ0v) is 11.5. The summed E-state index contributed by atoms with van der Waals surface area (Å²) in [5.41, 5.74) is 3.62. The molecule has 0 heterocycles. The Labute approximate surface area is 119 Å². The van der Waals surface area contributed by atoms with E-state index in [1.165, 1.54) is 6.07 Å². The summed E-state index contributed by atoms with van der Waals surface area (Å²) >= 11 is 0. The Morgan fingerprint density at radius 3 is 2.52 bits per heavy atom. The molecule has 0 aliphatic rings. The van der Waals surface area contributed by atoms with Gasteiger partial charge in [0.25, 0.3) is 5.91 Å². The minimum Gasteiger partial charge on any atom is -0.409 e. The standard InChI is InChI=1S/C13H16F3N3O2/c1-12(2,11(17)19-21)7-18-10(20)8-4-3-5-9(6-8)13(14,15)16/h3-6,21H,7H2,1-2H3,(H2,17,19)(H,18,20). The summed E-state index contributed by atoms with van der Waals surface area (Å²) in [6, 6.07) is 4.09. The zero-order valence-electron chi connectivity index (χ0n) is 11.5. The van der Waals surface area contributed by atoms with Crippen LogP contribution in [0.1, 0.15) is 29.8 Å². The Morgan fingerprint density at radius 1 is 1.38 bits per heavy atom. The Bertz CT molecular complexity index is 554. The molecule has 5 nitrogen and oxygen atoms in total. The van der Waals surface area contributed by atoms with Crippen LogP contribution in [0.4, 0.5) is 13.2 Å². The molecule has 1 rings (SSSR count). The number of rotatable bonds is 4. The molecule has 0 aliphatic heterocycles. The highest BCUT2D eigenvalue weighted by Crippen LogP contribution is 2.29. The number of nitrogens with one attached hydrogen (secondary N) is 1. The number of nitrogens with two attached hydrogens (primary N) is 1. The van der Waals surface area contributed by atoms with Crippen LogP contribution in [0.3, 0.4) is 0 Å². The molecule has 8 heteroatoms. The van der Waals surface area contributed by atoms with Gasteiger partial charge in [-0.1, -0.05) is 25.1 Å². The van der Waals surface area contributed by atoms with E-state index >= 15 is 0 Å². The van der Waals surface area contributed by atoms with Gasteiger partial charge in [0, 0.05) is 17.5 Å². The SMILES string of the molecule is CC(C)(CNC(=O)c1cccc(C(F)(F)F)c1)/C(N)=N/O. The van der Waals surface area contributed by atoms with Crippen molar-refractivity contribution in [1.82, 2.24) is 5.32 Å². The predicted molar refractivity (Wildman–Crippen MR) is 71.0 cm³/mol. The van der Waals surface area contributed by atoms with Crippen molar-refractivity contribution in [2.75, 3.05) is 6.54 Å². The molecule has 0 radical (unpaired) electrons. The number of alkyl halides is 3. The number of carbonyl (C=O) groups excluding carboxylic acids is 1. The summed E-state index contributed by atoms with van der Waals surface area (Å²) in [6.07, 6.45) is -4.51. The summed E-state index contributed by atoms with van der Waals surface area (Å²) in [5.74, 6) is -0.758. The maximum Gasteiger partial charge on any atom is 0.416 e. The van der Waals surface area contributed by atoms with Crippen LogP contribution in [-0.2, 0) is 6.18 Å². The van der Waals surface area contributed by atoms with E-state index in [1.54, 1.807) is 13.8 Å². The minimum absolute atomic E-state index is 0.0119. The highest BCUT2D eigenvalue weighted by Gasteiger charge is 2.31. The number of carbonyl (C=O) groups is 1. The van der Waals surface area contributed by atoms with Crippen molar-refractivity contribution in [2.24, 2.45) is 16.3 Å². The number of benzene rings is 1. The number of oxime groups is 1. The van der Waals surface area contributed by atoms with Crippen LogP contribution in [0.15, 0.2) is 29.4 Å². The maximum atomic E-state index is 12.6. The van der Waals surface area contributed by atoms with Crippen LogP contribution >= 0.6 is 0 Å². The van der Waals surface area contributed by atoms with Gasteiger partial charge < -0.3 is 16.3 Å². The lowest BCUT2D eigenvalue weighted by atomic mass is 9.92. The number of nitrogens with zero attached hydrogens (tertiary/aromatic N) is 1. The molecular formula is C13H16F3N3O2. The van der Waals surface area contributed by atoms with Gasteiger partial charge in [-0.2, -0.15) is 13.2 Å². The van der Waals surface area contributed by atoms with Gasteiger partial charge in [0.05, 0.1) is 5.56 Å². The fraction of sp³-hybridized carbons (Fsp3) is 0.385. The molecule has 0 bridgehead atoms. The average Bonchev–Trinajstić information content (AvgIpc) is 2.43. The Balaban J connectivity index is 2.82. The zero-order chi connectivity index (χ0) is 16.3. The average molecular weight is 303 g/mol. The molecule has 0 aliphatic carbocycles. The van der Waals surface area contributed by atoms with Gasteiger partial charge in [0.1, 0.15) is 5.84 Å². The summed E-state index contributed by atoms with van der Waals surface area (Å²) in [4.78, 5) is 11.9. The maximum absolute atomic E-state index is 12.6. The molecule has 0 fully saturated rings. The topological polar surface area (TPSA) is 87.7 Å². The van der Waals surface area contributed by atoms with Crippen LogP contribution in [-0.4, -0.2) is 23.5 Å². The molecule has 0 aromatic heterocycles. The van der Waals surface area contributed by atoms with Crippen molar-refractivity contribution in [3.63, 3.8) is 0 Å². The molecule has 0 unspecified atom stereocenters.